The molecule has 0 radical (unpaired) electrons. The van der Waals surface area contributed by atoms with Crippen molar-refractivity contribution < 1.29 is 13.6 Å². The van der Waals surface area contributed by atoms with Gasteiger partial charge >= 0.3 is 0 Å². The van der Waals surface area contributed by atoms with Crippen LogP contribution in [0.4, 0.5) is 4.39 Å². The molecule has 0 aliphatic carbocycles. The van der Waals surface area contributed by atoms with E-state index in [1.165, 1.54) is 18.9 Å². The SMILES string of the molecule is C[C@@H]1CCCN(CCCNC(=O)c2ccc(-c3ccccc3F)o2)C1. The van der Waals surface area contributed by atoms with Gasteiger partial charge in [0.25, 0.3) is 5.91 Å². The molecular formula is C20H25FN2O2. The molecule has 0 spiro atoms. The van der Waals surface area contributed by atoms with Crippen LogP contribution in [0.5, 0.6) is 0 Å². The summed E-state index contributed by atoms with van der Waals surface area (Å²) in [6.07, 6.45) is 3.49. The van der Waals surface area contributed by atoms with Crippen LogP contribution in [-0.2, 0) is 0 Å². The number of hydrogen-bond acceptors (Lipinski definition) is 3. The van der Waals surface area contributed by atoms with Gasteiger partial charge in [-0.2, -0.15) is 0 Å². The number of carbonyl (C=O) groups excluding carboxylic acids is 1. The Morgan fingerprint density at radius 1 is 1.32 bits per heavy atom. The molecule has 4 nitrogen and oxygen atoms in total. The lowest BCUT2D eigenvalue weighted by Crippen LogP contribution is -2.36. The summed E-state index contributed by atoms with van der Waals surface area (Å²) < 4.78 is 19.3. The van der Waals surface area contributed by atoms with Crippen molar-refractivity contribution >= 4 is 5.91 Å². The van der Waals surface area contributed by atoms with Crippen molar-refractivity contribution in [1.29, 1.82) is 0 Å². The summed E-state index contributed by atoms with van der Waals surface area (Å²) in [5.41, 5.74) is 0.362. The summed E-state index contributed by atoms with van der Waals surface area (Å²) in [5.74, 6) is 0.729. The molecule has 25 heavy (non-hydrogen) atoms. The minimum Gasteiger partial charge on any atom is -0.451 e. The minimum absolute atomic E-state index is 0.213. The van der Waals surface area contributed by atoms with E-state index in [-0.39, 0.29) is 17.5 Å². The molecule has 1 saturated heterocycles. The summed E-state index contributed by atoms with van der Waals surface area (Å²) in [4.78, 5) is 14.6. The van der Waals surface area contributed by atoms with Crippen LogP contribution in [0.1, 0.15) is 36.7 Å². The smallest absolute Gasteiger partial charge is 0.287 e. The number of furan rings is 1. The lowest BCUT2D eigenvalue weighted by Gasteiger charge is -2.30. The minimum atomic E-state index is -0.362. The number of halogens is 1. The van der Waals surface area contributed by atoms with Gasteiger partial charge in [0.15, 0.2) is 5.76 Å². The molecule has 0 unspecified atom stereocenters. The molecule has 1 N–H and O–H groups in total. The third kappa shape index (κ3) is 4.69. The molecule has 1 aromatic carbocycles. The zero-order chi connectivity index (χ0) is 17.6. The normalized spacial score (nSPS) is 18.2. The van der Waals surface area contributed by atoms with Gasteiger partial charge in [0.1, 0.15) is 11.6 Å². The van der Waals surface area contributed by atoms with Gasteiger partial charge in [-0.25, -0.2) is 4.39 Å². The Morgan fingerprint density at radius 2 is 2.16 bits per heavy atom. The Morgan fingerprint density at radius 3 is 2.96 bits per heavy atom. The summed E-state index contributed by atoms with van der Waals surface area (Å²) >= 11 is 0. The summed E-state index contributed by atoms with van der Waals surface area (Å²) in [7, 11) is 0. The molecule has 2 aromatic rings. The summed E-state index contributed by atoms with van der Waals surface area (Å²) in [6.45, 7) is 6.21. The lowest BCUT2D eigenvalue weighted by molar-refractivity contribution is 0.0923. The number of likely N-dealkylation sites (tertiary alicyclic amines) is 1. The Balaban J connectivity index is 1.47. The van der Waals surface area contributed by atoms with Crippen LogP contribution in [0.3, 0.4) is 0 Å². The predicted octanol–water partition coefficient (Wildman–Crippen LogP) is 3.94. The van der Waals surface area contributed by atoms with Gasteiger partial charge in [0.05, 0.1) is 5.56 Å². The Bertz CT molecular complexity index is 713. The van der Waals surface area contributed by atoms with Gasteiger partial charge in [-0.15, -0.1) is 0 Å². The van der Waals surface area contributed by atoms with Gasteiger partial charge in [-0.1, -0.05) is 19.1 Å². The molecule has 0 bridgehead atoms. The maximum atomic E-state index is 13.8. The van der Waals surface area contributed by atoms with Crippen molar-refractivity contribution in [2.24, 2.45) is 5.92 Å². The molecule has 3 rings (SSSR count). The first-order valence-corrected chi connectivity index (χ1v) is 8.99. The Labute approximate surface area is 148 Å². The number of nitrogens with zero attached hydrogens (tertiary/aromatic N) is 1. The molecule has 1 aliphatic heterocycles. The maximum absolute atomic E-state index is 13.8. The predicted molar refractivity (Wildman–Crippen MR) is 95.9 cm³/mol. The second kappa shape index (κ2) is 8.30. The van der Waals surface area contributed by atoms with E-state index < -0.39 is 0 Å². The van der Waals surface area contributed by atoms with E-state index in [4.69, 9.17) is 4.42 Å². The lowest BCUT2D eigenvalue weighted by atomic mass is 10.0. The number of carbonyl (C=O) groups is 1. The van der Waals surface area contributed by atoms with Crippen LogP contribution in [0.25, 0.3) is 11.3 Å². The van der Waals surface area contributed by atoms with Crippen LogP contribution in [-0.4, -0.2) is 37.0 Å². The first-order chi connectivity index (χ1) is 12.1. The highest BCUT2D eigenvalue weighted by atomic mass is 19.1. The van der Waals surface area contributed by atoms with Crippen LogP contribution in [0.15, 0.2) is 40.8 Å². The number of rotatable bonds is 6. The maximum Gasteiger partial charge on any atom is 0.287 e. The second-order valence-corrected chi connectivity index (χ2v) is 6.80. The summed E-state index contributed by atoms with van der Waals surface area (Å²) in [5, 5.41) is 2.88. The standard InChI is InChI=1S/C20H25FN2O2/c1-15-6-4-12-23(14-15)13-5-11-22-20(24)19-10-9-18(25-19)16-7-2-3-8-17(16)21/h2-3,7-10,15H,4-6,11-14H2,1H3,(H,22,24)/t15-/m1/s1. The quantitative estimate of drug-likeness (QED) is 0.808. The van der Waals surface area contributed by atoms with Gasteiger partial charge in [-0.05, 0) is 62.5 Å². The average Bonchev–Trinajstić information content (AvgIpc) is 3.09. The number of piperidine rings is 1. The fourth-order valence-corrected chi connectivity index (χ4v) is 3.35. The highest BCUT2D eigenvalue weighted by Gasteiger charge is 2.16. The molecule has 1 aromatic heterocycles. The molecule has 1 atom stereocenters. The van der Waals surface area contributed by atoms with Gasteiger partial charge in [0, 0.05) is 13.1 Å². The second-order valence-electron chi connectivity index (χ2n) is 6.80. The largest absolute Gasteiger partial charge is 0.451 e. The fraction of sp³-hybridized carbons (Fsp3) is 0.450. The number of hydrogen-bond donors (Lipinski definition) is 1. The fourth-order valence-electron chi connectivity index (χ4n) is 3.35. The molecule has 134 valence electrons. The van der Waals surface area contributed by atoms with E-state index in [0.29, 0.717) is 17.9 Å². The van der Waals surface area contributed by atoms with E-state index in [1.807, 2.05) is 0 Å². The van der Waals surface area contributed by atoms with Crippen LogP contribution in [0, 0.1) is 11.7 Å². The first-order valence-electron chi connectivity index (χ1n) is 8.99. The van der Waals surface area contributed by atoms with Crippen LogP contribution < -0.4 is 5.32 Å². The molecule has 2 heterocycles. The molecule has 1 aliphatic rings. The van der Waals surface area contributed by atoms with E-state index in [0.717, 1.165) is 32.0 Å². The molecule has 1 fully saturated rings. The molecule has 1 amide bonds. The van der Waals surface area contributed by atoms with Gasteiger partial charge in [-0.3, -0.25) is 4.79 Å². The van der Waals surface area contributed by atoms with Crippen molar-refractivity contribution in [3.8, 4) is 11.3 Å². The number of amides is 1. The van der Waals surface area contributed by atoms with E-state index >= 15 is 0 Å². The molecule has 5 heteroatoms. The zero-order valence-electron chi connectivity index (χ0n) is 14.6. The van der Waals surface area contributed by atoms with E-state index in [2.05, 4.69) is 17.1 Å². The van der Waals surface area contributed by atoms with E-state index in [9.17, 15) is 9.18 Å². The summed E-state index contributed by atoms with van der Waals surface area (Å²) in [6, 6.07) is 9.58. The van der Waals surface area contributed by atoms with Crippen LogP contribution in [0.2, 0.25) is 0 Å². The zero-order valence-corrected chi connectivity index (χ0v) is 14.6. The van der Waals surface area contributed by atoms with Crippen molar-refractivity contribution in [1.82, 2.24) is 10.2 Å². The van der Waals surface area contributed by atoms with Crippen molar-refractivity contribution in [2.45, 2.75) is 26.2 Å². The number of benzene rings is 1. The topological polar surface area (TPSA) is 45.5 Å². The highest BCUT2D eigenvalue weighted by molar-refractivity contribution is 5.92. The molecule has 0 saturated carbocycles. The Kier molecular flexibility index (Phi) is 5.87. The number of nitrogens with one attached hydrogen (secondary N) is 1. The average molecular weight is 344 g/mol. The van der Waals surface area contributed by atoms with Crippen molar-refractivity contribution in [3.63, 3.8) is 0 Å². The third-order valence-corrected chi connectivity index (χ3v) is 4.65. The van der Waals surface area contributed by atoms with Crippen molar-refractivity contribution in [2.75, 3.05) is 26.2 Å². The van der Waals surface area contributed by atoms with Gasteiger partial charge < -0.3 is 14.6 Å². The monoisotopic (exact) mass is 344 g/mol. The first kappa shape index (κ1) is 17.7. The van der Waals surface area contributed by atoms with E-state index in [1.54, 1.807) is 30.3 Å². The Hall–Kier alpha value is -2.14. The van der Waals surface area contributed by atoms with Crippen LogP contribution >= 0.6 is 0 Å². The molecular weight excluding hydrogens is 319 g/mol. The van der Waals surface area contributed by atoms with Gasteiger partial charge in [0.2, 0.25) is 0 Å². The third-order valence-electron chi connectivity index (χ3n) is 4.65. The highest BCUT2D eigenvalue weighted by Crippen LogP contribution is 2.24. The van der Waals surface area contributed by atoms with Crippen molar-refractivity contribution in [3.05, 3.63) is 48.0 Å².